The first kappa shape index (κ1) is 12.6. The summed E-state index contributed by atoms with van der Waals surface area (Å²) >= 11 is 1.36. The molecule has 0 atom stereocenters. The molecule has 0 aliphatic rings. The van der Waals surface area contributed by atoms with E-state index in [1.807, 2.05) is 12.1 Å². The van der Waals surface area contributed by atoms with E-state index < -0.39 is 0 Å². The van der Waals surface area contributed by atoms with Crippen LogP contribution in [0.1, 0.15) is 16.6 Å². The molecule has 1 aromatic heterocycles. The minimum atomic E-state index is 0.0197. The predicted octanol–water partition coefficient (Wildman–Crippen LogP) is 3.03. The van der Waals surface area contributed by atoms with Crippen molar-refractivity contribution in [3.8, 4) is 22.1 Å². The molecule has 0 saturated carbocycles. The molecule has 5 heteroatoms. The first-order valence-corrected chi connectivity index (χ1v) is 6.16. The average molecular weight is 263 g/mol. The van der Waals surface area contributed by atoms with Gasteiger partial charge in [-0.15, -0.1) is 11.3 Å². The van der Waals surface area contributed by atoms with E-state index in [0.29, 0.717) is 10.6 Å². The second-order valence-electron chi connectivity index (χ2n) is 3.65. The second-order valence-corrected chi connectivity index (χ2v) is 4.68. The third-order valence-electron chi connectivity index (χ3n) is 2.49. The maximum Gasteiger partial charge on any atom is 0.171 e. The molecule has 4 nitrogen and oxygen atoms in total. The van der Waals surface area contributed by atoms with Crippen molar-refractivity contribution < 1.29 is 14.3 Å². The van der Waals surface area contributed by atoms with Crippen LogP contribution in [0.15, 0.2) is 24.4 Å². The summed E-state index contributed by atoms with van der Waals surface area (Å²) in [5.41, 5.74) is 0.857. The summed E-state index contributed by atoms with van der Waals surface area (Å²) in [4.78, 5) is 16.2. The summed E-state index contributed by atoms with van der Waals surface area (Å²) in [5, 5.41) is 0.764. The van der Waals surface area contributed by atoms with Crippen molar-refractivity contribution in [2.24, 2.45) is 0 Å². The van der Waals surface area contributed by atoms with E-state index in [-0.39, 0.29) is 5.78 Å². The molecule has 94 valence electrons. The van der Waals surface area contributed by atoms with Crippen LogP contribution in [0, 0.1) is 0 Å². The zero-order valence-electron chi connectivity index (χ0n) is 10.4. The van der Waals surface area contributed by atoms with Gasteiger partial charge in [0.15, 0.2) is 5.78 Å². The van der Waals surface area contributed by atoms with Crippen LogP contribution in [-0.2, 0) is 0 Å². The maximum atomic E-state index is 11.3. The highest BCUT2D eigenvalue weighted by molar-refractivity contribution is 7.17. The van der Waals surface area contributed by atoms with Crippen molar-refractivity contribution in [1.29, 1.82) is 0 Å². The van der Waals surface area contributed by atoms with Gasteiger partial charge in [0.2, 0.25) is 0 Å². The number of carbonyl (C=O) groups is 1. The van der Waals surface area contributed by atoms with E-state index in [1.54, 1.807) is 26.5 Å². The van der Waals surface area contributed by atoms with Crippen LogP contribution in [0.25, 0.3) is 10.6 Å². The minimum absolute atomic E-state index is 0.0197. The Bertz CT molecular complexity index is 577. The molecule has 2 rings (SSSR count). The molecule has 0 fully saturated rings. The third-order valence-corrected chi connectivity index (χ3v) is 3.62. The molecule has 0 amide bonds. The van der Waals surface area contributed by atoms with Crippen molar-refractivity contribution >= 4 is 17.1 Å². The van der Waals surface area contributed by atoms with Gasteiger partial charge in [-0.3, -0.25) is 4.79 Å². The number of ether oxygens (including phenoxy) is 2. The van der Waals surface area contributed by atoms with Gasteiger partial charge in [-0.1, -0.05) is 0 Å². The van der Waals surface area contributed by atoms with Gasteiger partial charge in [0.25, 0.3) is 0 Å². The van der Waals surface area contributed by atoms with Crippen LogP contribution in [0.5, 0.6) is 11.5 Å². The number of methoxy groups -OCH3 is 2. The number of ketones is 1. The molecule has 0 radical (unpaired) electrons. The summed E-state index contributed by atoms with van der Waals surface area (Å²) in [6.45, 7) is 1.53. The molecular formula is C13H13NO3S. The standard InChI is InChI=1S/C13H13NO3S/c1-8(15)12-7-14-13(18-12)10-5-4-9(16-2)6-11(10)17-3/h4-7H,1-3H3. The average Bonchev–Trinajstić information content (AvgIpc) is 2.87. The molecule has 18 heavy (non-hydrogen) atoms. The molecule has 0 aliphatic heterocycles. The van der Waals surface area contributed by atoms with Crippen molar-refractivity contribution in [2.45, 2.75) is 6.92 Å². The smallest absolute Gasteiger partial charge is 0.171 e. The minimum Gasteiger partial charge on any atom is -0.497 e. The Morgan fingerprint density at radius 3 is 2.61 bits per heavy atom. The lowest BCUT2D eigenvalue weighted by Crippen LogP contribution is -1.89. The Hall–Kier alpha value is -1.88. The van der Waals surface area contributed by atoms with Gasteiger partial charge >= 0.3 is 0 Å². The predicted molar refractivity (Wildman–Crippen MR) is 70.7 cm³/mol. The molecular weight excluding hydrogens is 250 g/mol. The summed E-state index contributed by atoms with van der Waals surface area (Å²) in [5.74, 6) is 1.42. The van der Waals surface area contributed by atoms with Gasteiger partial charge in [-0.05, 0) is 12.1 Å². The number of rotatable bonds is 4. The lowest BCUT2D eigenvalue weighted by atomic mass is 10.2. The number of nitrogens with zero attached hydrogens (tertiary/aromatic N) is 1. The quantitative estimate of drug-likeness (QED) is 0.795. The van der Waals surface area contributed by atoms with Gasteiger partial charge in [-0.25, -0.2) is 4.98 Å². The van der Waals surface area contributed by atoms with Crippen molar-refractivity contribution in [2.75, 3.05) is 14.2 Å². The van der Waals surface area contributed by atoms with Crippen LogP contribution in [0.3, 0.4) is 0 Å². The topological polar surface area (TPSA) is 48.4 Å². The lowest BCUT2D eigenvalue weighted by Gasteiger charge is -2.07. The largest absolute Gasteiger partial charge is 0.497 e. The number of Topliss-reactive ketones (excluding diaryl/α,β-unsaturated/α-hetero) is 1. The summed E-state index contributed by atoms with van der Waals surface area (Å²) in [6.07, 6.45) is 1.59. The fourth-order valence-electron chi connectivity index (χ4n) is 1.54. The molecule has 0 bridgehead atoms. The number of thiazole rings is 1. The summed E-state index contributed by atoms with van der Waals surface area (Å²) in [6, 6.07) is 5.51. The normalized spacial score (nSPS) is 10.2. The fourth-order valence-corrected chi connectivity index (χ4v) is 2.38. The molecule has 2 aromatic rings. The molecule has 0 spiro atoms. The highest BCUT2D eigenvalue weighted by Crippen LogP contribution is 2.35. The SMILES string of the molecule is COc1ccc(-c2ncc(C(C)=O)s2)c(OC)c1. The molecule has 1 aromatic carbocycles. The monoisotopic (exact) mass is 263 g/mol. The van der Waals surface area contributed by atoms with Gasteiger partial charge in [0.1, 0.15) is 16.5 Å². The first-order valence-electron chi connectivity index (χ1n) is 5.35. The molecule has 0 unspecified atom stereocenters. The Morgan fingerprint density at radius 2 is 2.06 bits per heavy atom. The van der Waals surface area contributed by atoms with E-state index >= 15 is 0 Å². The van der Waals surface area contributed by atoms with Gasteiger partial charge in [-0.2, -0.15) is 0 Å². The molecule has 0 aliphatic carbocycles. The van der Waals surface area contributed by atoms with Crippen LogP contribution in [0.4, 0.5) is 0 Å². The zero-order valence-corrected chi connectivity index (χ0v) is 11.2. The van der Waals surface area contributed by atoms with E-state index in [0.717, 1.165) is 16.3 Å². The van der Waals surface area contributed by atoms with Gasteiger partial charge in [0, 0.05) is 19.2 Å². The maximum absolute atomic E-state index is 11.3. The molecule has 1 heterocycles. The zero-order chi connectivity index (χ0) is 13.1. The highest BCUT2D eigenvalue weighted by atomic mass is 32.1. The summed E-state index contributed by atoms with van der Waals surface area (Å²) in [7, 11) is 3.20. The Labute approximate surface area is 109 Å². The molecule has 0 N–H and O–H groups in total. The van der Waals surface area contributed by atoms with Gasteiger partial charge in [0.05, 0.1) is 24.7 Å². The highest BCUT2D eigenvalue weighted by Gasteiger charge is 2.13. The number of hydrogen-bond donors (Lipinski definition) is 0. The Kier molecular flexibility index (Phi) is 3.62. The van der Waals surface area contributed by atoms with Crippen LogP contribution < -0.4 is 9.47 Å². The van der Waals surface area contributed by atoms with Crippen LogP contribution >= 0.6 is 11.3 Å². The van der Waals surface area contributed by atoms with Gasteiger partial charge < -0.3 is 9.47 Å². The number of benzene rings is 1. The van der Waals surface area contributed by atoms with Crippen molar-refractivity contribution in [3.05, 3.63) is 29.3 Å². The van der Waals surface area contributed by atoms with Crippen molar-refractivity contribution in [3.63, 3.8) is 0 Å². The number of hydrogen-bond acceptors (Lipinski definition) is 5. The second kappa shape index (κ2) is 5.18. The Morgan fingerprint density at radius 1 is 1.28 bits per heavy atom. The van der Waals surface area contributed by atoms with E-state index in [4.69, 9.17) is 9.47 Å². The van der Waals surface area contributed by atoms with Crippen LogP contribution in [0.2, 0.25) is 0 Å². The summed E-state index contributed by atoms with van der Waals surface area (Å²) < 4.78 is 10.5. The fraction of sp³-hybridized carbons (Fsp3) is 0.231. The van der Waals surface area contributed by atoms with E-state index in [1.165, 1.54) is 18.3 Å². The third kappa shape index (κ3) is 2.36. The van der Waals surface area contributed by atoms with Crippen molar-refractivity contribution in [1.82, 2.24) is 4.98 Å². The van der Waals surface area contributed by atoms with Crippen LogP contribution in [-0.4, -0.2) is 25.0 Å². The number of carbonyl (C=O) groups excluding carboxylic acids is 1. The first-order chi connectivity index (χ1) is 8.65. The lowest BCUT2D eigenvalue weighted by molar-refractivity contribution is 0.102. The number of aromatic nitrogens is 1. The van der Waals surface area contributed by atoms with E-state index in [2.05, 4.69) is 4.98 Å². The molecule has 0 saturated heterocycles. The van der Waals surface area contributed by atoms with E-state index in [9.17, 15) is 4.79 Å². The Balaban J connectivity index is 2.45.